The second-order valence-corrected chi connectivity index (χ2v) is 6.49. The van der Waals surface area contributed by atoms with Crippen molar-refractivity contribution in [1.29, 1.82) is 0 Å². The normalized spacial score (nSPS) is 14.4. The lowest BCUT2D eigenvalue weighted by atomic mass is 10.2. The first kappa shape index (κ1) is 17.0. The molecule has 0 saturated carbocycles. The standard InChI is InChI=1S/C21H20N4O2/c26-20(22-14-19-23-17-4-1-2-5-18(17)24-19)12-9-15-7-10-16(11-8-15)25-13-3-6-21(25)27/h1-2,4-5,7-12H,3,6,13-14H2,(H,22,26)(H,23,24)/b12-9+. The molecule has 0 spiro atoms. The average Bonchev–Trinajstić information content (AvgIpc) is 3.30. The van der Waals surface area contributed by atoms with Gasteiger partial charge in [-0.2, -0.15) is 0 Å². The summed E-state index contributed by atoms with van der Waals surface area (Å²) in [5.41, 5.74) is 3.65. The van der Waals surface area contributed by atoms with Crippen molar-refractivity contribution >= 4 is 34.6 Å². The second-order valence-electron chi connectivity index (χ2n) is 6.49. The smallest absolute Gasteiger partial charge is 0.244 e. The lowest BCUT2D eigenvalue weighted by Gasteiger charge is -2.15. The number of amides is 2. The van der Waals surface area contributed by atoms with Crippen molar-refractivity contribution < 1.29 is 9.59 Å². The van der Waals surface area contributed by atoms with Crippen LogP contribution < -0.4 is 10.2 Å². The summed E-state index contributed by atoms with van der Waals surface area (Å²) in [5.74, 6) is 0.704. The molecule has 2 aromatic carbocycles. The highest BCUT2D eigenvalue weighted by atomic mass is 16.2. The van der Waals surface area contributed by atoms with Gasteiger partial charge in [0.15, 0.2) is 0 Å². The van der Waals surface area contributed by atoms with Crippen LogP contribution in [0.25, 0.3) is 17.1 Å². The minimum absolute atomic E-state index is 0.170. The molecule has 1 saturated heterocycles. The summed E-state index contributed by atoms with van der Waals surface area (Å²) < 4.78 is 0. The van der Waals surface area contributed by atoms with Gasteiger partial charge in [0.25, 0.3) is 0 Å². The second kappa shape index (κ2) is 7.45. The largest absolute Gasteiger partial charge is 0.345 e. The Labute approximate surface area is 156 Å². The number of rotatable bonds is 5. The van der Waals surface area contributed by atoms with Crippen molar-refractivity contribution in [2.24, 2.45) is 0 Å². The molecule has 2 amide bonds. The Bertz CT molecular complexity index is 971. The summed E-state index contributed by atoms with van der Waals surface area (Å²) in [7, 11) is 0. The van der Waals surface area contributed by atoms with E-state index in [0.717, 1.165) is 41.1 Å². The lowest BCUT2D eigenvalue weighted by molar-refractivity contribution is -0.117. The van der Waals surface area contributed by atoms with Gasteiger partial charge in [-0.25, -0.2) is 4.98 Å². The molecule has 2 N–H and O–H groups in total. The summed E-state index contributed by atoms with van der Waals surface area (Å²) in [6.07, 6.45) is 4.78. The van der Waals surface area contributed by atoms with Crippen LogP contribution in [0.2, 0.25) is 0 Å². The zero-order valence-electron chi connectivity index (χ0n) is 14.8. The Hall–Kier alpha value is -3.41. The van der Waals surface area contributed by atoms with Gasteiger partial charge >= 0.3 is 0 Å². The number of carbonyl (C=O) groups excluding carboxylic acids is 2. The number of fused-ring (bicyclic) bond motifs is 1. The molecule has 0 bridgehead atoms. The highest BCUT2D eigenvalue weighted by Crippen LogP contribution is 2.21. The van der Waals surface area contributed by atoms with E-state index in [1.807, 2.05) is 48.5 Å². The molecule has 4 rings (SSSR count). The van der Waals surface area contributed by atoms with Crippen LogP contribution in [0.1, 0.15) is 24.2 Å². The van der Waals surface area contributed by atoms with Crippen LogP contribution in [-0.2, 0) is 16.1 Å². The molecule has 1 aromatic heterocycles. The number of hydrogen-bond donors (Lipinski definition) is 2. The Kier molecular flexibility index (Phi) is 4.70. The number of nitrogens with one attached hydrogen (secondary N) is 2. The third-order valence-corrected chi connectivity index (χ3v) is 4.57. The maximum Gasteiger partial charge on any atom is 0.244 e. The van der Waals surface area contributed by atoms with Gasteiger partial charge in [-0.15, -0.1) is 0 Å². The van der Waals surface area contributed by atoms with Crippen molar-refractivity contribution in [3.05, 3.63) is 66.0 Å². The van der Waals surface area contributed by atoms with Crippen molar-refractivity contribution in [3.8, 4) is 0 Å². The molecule has 0 radical (unpaired) electrons. The third-order valence-electron chi connectivity index (χ3n) is 4.57. The summed E-state index contributed by atoms with van der Waals surface area (Å²) >= 11 is 0. The molecule has 2 heterocycles. The van der Waals surface area contributed by atoms with Gasteiger partial charge < -0.3 is 15.2 Å². The molecule has 1 fully saturated rings. The quantitative estimate of drug-likeness (QED) is 0.687. The molecule has 3 aromatic rings. The fraction of sp³-hybridized carbons (Fsp3) is 0.190. The van der Waals surface area contributed by atoms with Gasteiger partial charge in [-0.1, -0.05) is 24.3 Å². The Morgan fingerprint density at radius 2 is 2.00 bits per heavy atom. The van der Waals surface area contributed by atoms with Crippen LogP contribution in [0.5, 0.6) is 0 Å². The van der Waals surface area contributed by atoms with Gasteiger partial charge in [0.05, 0.1) is 17.6 Å². The van der Waals surface area contributed by atoms with Gasteiger partial charge in [0.1, 0.15) is 5.82 Å². The molecular weight excluding hydrogens is 340 g/mol. The molecule has 0 aliphatic carbocycles. The van der Waals surface area contributed by atoms with Crippen LogP contribution in [-0.4, -0.2) is 28.3 Å². The van der Waals surface area contributed by atoms with Crippen molar-refractivity contribution in [1.82, 2.24) is 15.3 Å². The molecule has 136 valence electrons. The highest BCUT2D eigenvalue weighted by molar-refractivity contribution is 5.95. The van der Waals surface area contributed by atoms with Gasteiger partial charge in [-0.05, 0) is 42.3 Å². The van der Waals surface area contributed by atoms with E-state index >= 15 is 0 Å². The van der Waals surface area contributed by atoms with Crippen molar-refractivity contribution in [3.63, 3.8) is 0 Å². The molecule has 1 aliphatic rings. The van der Waals surface area contributed by atoms with Crippen molar-refractivity contribution in [2.75, 3.05) is 11.4 Å². The Morgan fingerprint density at radius 3 is 2.74 bits per heavy atom. The van der Waals surface area contributed by atoms with Gasteiger partial charge in [0, 0.05) is 24.7 Å². The minimum atomic E-state index is -0.186. The number of imidazole rings is 1. The fourth-order valence-electron chi connectivity index (χ4n) is 3.18. The van der Waals surface area contributed by atoms with Crippen LogP contribution in [0, 0.1) is 0 Å². The monoisotopic (exact) mass is 360 g/mol. The summed E-state index contributed by atoms with van der Waals surface area (Å²) in [4.78, 5) is 33.2. The SMILES string of the molecule is O=C(/C=C/c1ccc(N2CCCC2=O)cc1)NCc1nc2ccccc2[nH]1. The van der Waals surface area contributed by atoms with Crippen LogP contribution in [0.3, 0.4) is 0 Å². The third kappa shape index (κ3) is 3.89. The molecule has 0 atom stereocenters. The fourth-order valence-corrected chi connectivity index (χ4v) is 3.18. The van der Waals surface area contributed by atoms with E-state index in [0.29, 0.717) is 13.0 Å². The molecule has 6 nitrogen and oxygen atoms in total. The van der Waals surface area contributed by atoms with E-state index in [1.165, 1.54) is 6.08 Å². The highest BCUT2D eigenvalue weighted by Gasteiger charge is 2.21. The lowest BCUT2D eigenvalue weighted by Crippen LogP contribution is -2.23. The van der Waals surface area contributed by atoms with Crippen LogP contribution in [0.4, 0.5) is 5.69 Å². The zero-order valence-corrected chi connectivity index (χ0v) is 14.8. The topological polar surface area (TPSA) is 78.1 Å². The molecule has 6 heteroatoms. The first-order valence-electron chi connectivity index (χ1n) is 8.99. The maximum atomic E-state index is 12.0. The van der Waals surface area contributed by atoms with E-state index in [4.69, 9.17) is 0 Å². The number of aromatic amines is 1. The number of para-hydroxylation sites is 2. The number of aromatic nitrogens is 2. The number of H-pyrrole nitrogens is 1. The minimum Gasteiger partial charge on any atom is -0.345 e. The van der Waals surface area contributed by atoms with E-state index < -0.39 is 0 Å². The van der Waals surface area contributed by atoms with E-state index in [-0.39, 0.29) is 11.8 Å². The Balaban J connectivity index is 1.33. The summed E-state index contributed by atoms with van der Waals surface area (Å²) in [6, 6.07) is 15.4. The zero-order chi connectivity index (χ0) is 18.6. The predicted molar refractivity (Wildman–Crippen MR) is 105 cm³/mol. The Morgan fingerprint density at radius 1 is 1.19 bits per heavy atom. The van der Waals surface area contributed by atoms with Crippen molar-refractivity contribution in [2.45, 2.75) is 19.4 Å². The summed E-state index contributed by atoms with van der Waals surface area (Å²) in [6.45, 7) is 1.12. The molecule has 0 unspecified atom stereocenters. The number of nitrogens with zero attached hydrogens (tertiary/aromatic N) is 2. The van der Waals surface area contributed by atoms with Gasteiger partial charge in [-0.3, -0.25) is 9.59 Å². The van der Waals surface area contributed by atoms with Crippen LogP contribution in [0.15, 0.2) is 54.6 Å². The number of hydrogen-bond acceptors (Lipinski definition) is 3. The van der Waals surface area contributed by atoms with E-state index in [1.54, 1.807) is 11.0 Å². The average molecular weight is 360 g/mol. The van der Waals surface area contributed by atoms with E-state index in [2.05, 4.69) is 15.3 Å². The molecular formula is C21H20N4O2. The first-order chi connectivity index (χ1) is 13.2. The predicted octanol–water partition coefficient (Wildman–Crippen LogP) is 3.02. The molecule has 27 heavy (non-hydrogen) atoms. The van der Waals surface area contributed by atoms with Gasteiger partial charge in [0.2, 0.25) is 11.8 Å². The first-order valence-corrected chi connectivity index (χ1v) is 8.99. The molecule has 1 aliphatic heterocycles. The number of benzene rings is 2. The number of anilines is 1. The summed E-state index contributed by atoms with van der Waals surface area (Å²) in [5, 5.41) is 2.82. The maximum absolute atomic E-state index is 12.0. The van der Waals surface area contributed by atoms with E-state index in [9.17, 15) is 9.59 Å². The van der Waals surface area contributed by atoms with Crippen LogP contribution >= 0.6 is 0 Å². The number of carbonyl (C=O) groups is 2.